The van der Waals surface area contributed by atoms with Crippen LogP contribution in [0.1, 0.15) is 12.7 Å². The standard InChI is InChI=1S/C20H17ClN2O4/c1-12(24)22-15-3-5-16(6-4-15)23-19(25)8-7-17-10-13-9-14(21)11-18(26-2)20(13)27-17/h3-11H,1-2H3,(H,22,24)(H,23,25). The first-order valence-electron chi connectivity index (χ1n) is 8.08. The Hall–Kier alpha value is -3.25. The lowest BCUT2D eigenvalue weighted by atomic mass is 10.2. The van der Waals surface area contributed by atoms with Crippen molar-refractivity contribution >= 4 is 51.8 Å². The second kappa shape index (κ2) is 7.97. The van der Waals surface area contributed by atoms with Gasteiger partial charge in [0.25, 0.3) is 0 Å². The van der Waals surface area contributed by atoms with Crippen LogP contribution in [0.15, 0.2) is 53.0 Å². The molecular formula is C20H17ClN2O4. The minimum atomic E-state index is -0.312. The average molecular weight is 385 g/mol. The molecule has 0 aliphatic rings. The predicted molar refractivity (Wildman–Crippen MR) is 106 cm³/mol. The minimum Gasteiger partial charge on any atom is -0.493 e. The van der Waals surface area contributed by atoms with Crippen molar-refractivity contribution in [3.8, 4) is 5.75 Å². The number of carbonyl (C=O) groups excluding carboxylic acids is 2. The molecule has 1 aromatic heterocycles. The van der Waals surface area contributed by atoms with Crippen molar-refractivity contribution in [3.05, 3.63) is 59.3 Å². The number of carbonyl (C=O) groups is 2. The van der Waals surface area contributed by atoms with E-state index in [1.165, 1.54) is 20.1 Å². The molecular weight excluding hydrogens is 368 g/mol. The Morgan fingerprint density at radius 3 is 2.37 bits per heavy atom. The number of benzene rings is 2. The van der Waals surface area contributed by atoms with Crippen LogP contribution in [-0.4, -0.2) is 18.9 Å². The molecule has 0 unspecified atom stereocenters. The van der Waals surface area contributed by atoms with E-state index in [0.29, 0.717) is 33.5 Å². The van der Waals surface area contributed by atoms with Gasteiger partial charge in [-0.25, -0.2) is 0 Å². The third-order valence-corrected chi connectivity index (χ3v) is 3.88. The van der Waals surface area contributed by atoms with Gasteiger partial charge in [0.05, 0.1) is 7.11 Å². The highest BCUT2D eigenvalue weighted by molar-refractivity contribution is 6.31. The van der Waals surface area contributed by atoms with Crippen LogP contribution in [0.2, 0.25) is 5.02 Å². The van der Waals surface area contributed by atoms with Crippen LogP contribution in [0, 0.1) is 0 Å². The van der Waals surface area contributed by atoms with Gasteiger partial charge in [-0.15, -0.1) is 0 Å². The summed E-state index contributed by atoms with van der Waals surface area (Å²) in [7, 11) is 1.54. The van der Waals surface area contributed by atoms with Crippen LogP contribution in [0.5, 0.6) is 5.75 Å². The van der Waals surface area contributed by atoms with Crippen molar-refractivity contribution in [3.63, 3.8) is 0 Å². The predicted octanol–water partition coefficient (Wildman–Crippen LogP) is 4.71. The highest BCUT2D eigenvalue weighted by atomic mass is 35.5. The smallest absolute Gasteiger partial charge is 0.248 e. The van der Waals surface area contributed by atoms with Crippen LogP contribution in [-0.2, 0) is 9.59 Å². The van der Waals surface area contributed by atoms with Crippen LogP contribution >= 0.6 is 11.6 Å². The Bertz CT molecular complexity index is 1020. The molecule has 0 fully saturated rings. The number of hydrogen-bond acceptors (Lipinski definition) is 4. The van der Waals surface area contributed by atoms with Crippen molar-refractivity contribution in [1.29, 1.82) is 0 Å². The lowest BCUT2D eigenvalue weighted by Gasteiger charge is -2.04. The van der Waals surface area contributed by atoms with Gasteiger partial charge >= 0.3 is 0 Å². The largest absolute Gasteiger partial charge is 0.493 e. The number of hydrogen-bond donors (Lipinski definition) is 2. The third-order valence-electron chi connectivity index (χ3n) is 3.66. The lowest BCUT2D eigenvalue weighted by Crippen LogP contribution is -2.08. The Balaban J connectivity index is 1.69. The summed E-state index contributed by atoms with van der Waals surface area (Å²) in [5.41, 5.74) is 1.83. The molecule has 0 bridgehead atoms. The number of halogens is 1. The van der Waals surface area contributed by atoms with Gasteiger partial charge in [0.1, 0.15) is 5.76 Å². The van der Waals surface area contributed by atoms with E-state index in [1.54, 1.807) is 48.5 Å². The van der Waals surface area contributed by atoms with Crippen LogP contribution in [0.25, 0.3) is 17.0 Å². The van der Waals surface area contributed by atoms with Gasteiger partial charge < -0.3 is 19.8 Å². The summed E-state index contributed by atoms with van der Waals surface area (Å²) in [6, 6.07) is 12.0. The molecule has 2 aromatic carbocycles. The van der Waals surface area contributed by atoms with E-state index >= 15 is 0 Å². The van der Waals surface area contributed by atoms with E-state index in [4.69, 9.17) is 20.8 Å². The Morgan fingerprint density at radius 2 is 1.74 bits per heavy atom. The van der Waals surface area contributed by atoms with Gasteiger partial charge in [0, 0.05) is 40.8 Å². The molecule has 6 nitrogen and oxygen atoms in total. The SMILES string of the molecule is COc1cc(Cl)cc2cc(C=CC(=O)Nc3ccc(NC(C)=O)cc3)oc12. The molecule has 2 N–H and O–H groups in total. The molecule has 0 atom stereocenters. The second-order valence-electron chi connectivity index (χ2n) is 5.76. The number of methoxy groups -OCH3 is 1. The van der Waals surface area contributed by atoms with E-state index in [9.17, 15) is 9.59 Å². The molecule has 0 aliphatic heterocycles. The fourth-order valence-corrected chi connectivity index (χ4v) is 2.74. The highest BCUT2D eigenvalue weighted by Gasteiger charge is 2.09. The van der Waals surface area contributed by atoms with Crippen LogP contribution in [0.3, 0.4) is 0 Å². The van der Waals surface area contributed by atoms with Gasteiger partial charge in [0.2, 0.25) is 11.8 Å². The van der Waals surface area contributed by atoms with Gasteiger partial charge in [0.15, 0.2) is 11.3 Å². The van der Waals surface area contributed by atoms with E-state index in [0.717, 1.165) is 5.39 Å². The van der Waals surface area contributed by atoms with E-state index in [-0.39, 0.29) is 11.8 Å². The van der Waals surface area contributed by atoms with Crippen LogP contribution in [0.4, 0.5) is 11.4 Å². The second-order valence-corrected chi connectivity index (χ2v) is 6.19. The van der Waals surface area contributed by atoms with Gasteiger partial charge in [-0.1, -0.05) is 11.6 Å². The fourth-order valence-electron chi connectivity index (χ4n) is 2.52. The molecule has 0 saturated heterocycles. The molecule has 138 valence electrons. The molecule has 27 heavy (non-hydrogen) atoms. The Morgan fingerprint density at radius 1 is 1.07 bits per heavy atom. The Kier molecular flexibility index (Phi) is 5.47. The first-order valence-corrected chi connectivity index (χ1v) is 8.46. The average Bonchev–Trinajstić information content (AvgIpc) is 3.03. The van der Waals surface area contributed by atoms with Crippen molar-refractivity contribution in [2.45, 2.75) is 6.92 Å². The summed E-state index contributed by atoms with van der Waals surface area (Å²) in [4.78, 5) is 23.1. The van der Waals surface area contributed by atoms with Gasteiger partial charge in [-0.3, -0.25) is 9.59 Å². The summed E-state index contributed by atoms with van der Waals surface area (Å²) in [5.74, 6) is 0.564. The number of anilines is 2. The summed E-state index contributed by atoms with van der Waals surface area (Å²) in [6.45, 7) is 1.43. The lowest BCUT2D eigenvalue weighted by molar-refractivity contribution is -0.114. The summed E-state index contributed by atoms with van der Waals surface area (Å²) in [6.07, 6.45) is 2.93. The first-order chi connectivity index (χ1) is 12.9. The topological polar surface area (TPSA) is 80.6 Å². The monoisotopic (exact) mass is 384 g/mol. The zero-order chi connectivity index (χ0) is 19.4. The van der Waals surface area contributed by atoms with Crippen LogP contribution < -0.4 is 15.4 Å². The molecule has 0 saturated carbocycles. The molecule has 1 heterocycles. The molecule has 0 aliphatic carbocycles. The van der Waals surface area contributed by atoms with Crippen molar-refractivity contribution in [1.82, 2.24) is 0 Å². The van der Waals surface area contributed by atoms with Crippen molar-refractivity contribution in [2.75, 3.05) is 17.7 Å². The summed E-state index contributed by atoms with van der Waals surface area (Å²) in [5, 5.41) is 6.72. The first kappa shape index (κ1) is 18.5. The zero-order valence-electron chi connectivity index (χ0n) is 14.7. The number of rotatable bonds is 5. The maximum atomic E-state index is 12.1. The maximum absolute atomic E-state index is 12.1. The molecule has 3 rings (SSSR count). The number of fused-ring (bicyclic) bond motifs is 1. The molecule has 7 heteroatoms. The number of amides is 2. The fraction of sp³-hybridized carbons (Fsp3) is 0.100. The van der Waals surface area contributed by atoms with Crippen molar-refractivity contribution in [2.24, 2.45) is 0 Å². The van der Waals surface area contributed by atoms with E-state index in [2.05, 4.69) is 10.6 Å². The molecule has 0 radical (unpaired) electrons. The van der Waals surface area contributed by atoms with Crippen molar-refractivity contribution < 1.29 is 18.7 Å². The Labute approximate surface area is 160 Å². The van der Waals surface area contributed by atoms with E-state index < -0.39 is 0 Å². The minimum absolute atomic E-state index is 0.154. The number of ether oxygens (including phenoxy) is 1. The molecule has 2 amide bonds. The molecule has 3 aromatic rings. The quantitative estimate of drug-likeness (QED) is 0.624. The normalized spacial score (nSPS) is 10.9. The van der Waals surface area contributed by atoms with E-state index in [1.807, 2.05) is 0 Å². The number of furan rings is 1. The number of nitrogens with one attached hydrogen (secondary N) is 2. The molecule has 0 spiro atoms. The summed E-state index contributed by atoms with van der Waals surface area (Å²) >= 11 is 6.04. The zero-order valence-corrected chi connectivity index (χ0v) is 15.5. The highest BCUT2D eigenvalue weighted by Crippen LogP contribution is 2.32. The summed E-state index contributed by atoms with van der Waals surface area (Å²) < 4.78 is 11.0. The maximum Gasteiger partial charge on any atom is 0.248 e. The van der Waals surface area contributed by atoms with Gasteiger partial charge in [-0.05, 0) is 42.5 Å². The third kappa shape index (κ3) is 4.68. The van der Waals surface area contributed by atoms with Gasteiger partial charge in [-0.2, -0.15) is 0 Å².